The van der Waals surface area contributed by atoms with Gasteiger partial charge in [0.1, 0.15) is 23.2 Å². The second-order valence-electron chi connectivity index (χ2n) is 3.98. The summed E-state index contributed by atoms with van der Waals surface area (Å²) in [6, 6.07) is 4.94. The van der Waals surface area contributed by atoms with Gasteiger partial charge >= 0.3 is 5.97 Å². The number of fused-ring (bicyclic) bond motifs is 1. The Morgan fingerprint density at radius 1 is 1.37 bits per heavy atom. The summed E-state index contributed by atoms with van der Waals surface area (Å²) in [6.07, 6.45) is 1.98. The maximum Gasteiger partial charge on any atom is 0.345 e. The lowest BCUT2D eigenvalue weighted by atomic mass is 10.1. The molecule has 0 amide bonds. The number of ether oxygens (including phenoxy) is 2. The third-order valence-electron chi connectivity index (χ3n) is 2.62. The predicted octanol–water partition coefficient (Wildman–Crippen LogP) is 2.37. The van der Waals surface area contributed by atoms with Gasteiger partial charge in [-0.3, -0.25) is 4.79 Å². The standard InChI is InChI=1S/C14H14O5/c1-3-6-18-9-4-5-12-10(7-9)13(15)11(8-19-12)14(16)17-2/h4-5,7-8H,3,6H2,1-2H3. The average molecular weight is 262 g/mol. The van der Waals surface area contributed by atoms with E-state index in [1.807, 2.05) is 6.92 Å². The average Bonchev–Trinajstić information content (AvgIpc) is 2.45. The van der Waals surface area contributed by atoms with Crippen molar-refractivity contribution in [1.29, 1.82) is 0 Å². The number of methoxy groups -OCH3 is 1. The minimum atomic E-state index is -0.712. The van der Waals surface area contributed by atoms with Crippen LogP contribution in [0.15, 0.2) is 33.7 Å². The molecule has 1 heterocycles. The van der Waals surface area contributed by atoms with Crippen molar-refractivity contribution in [1.82, 2.24) is 0 Å². The van der Waals surface area contributed by atoms with E-state index >= 15 is 0 Å². The molecule has 0 spiro atoms. The lowest BCUT2D eigenvalue weighted by Gasteiger charge is -2.05. The van der Waals surface area contributed by atoms with Gasteiger partial charge < -0.3 is 13.9 Å². The molecule has 0 saturated carbocycles. The van der Waals surface area contributed by atoms with Gasteiger partial charge in [0.2, 0.25) is 5.43 Å². The molecule has 1 aromatic heterocycles. The van der Waals surface area contributed by atoms with E-state index in [1.165, 1.54) is 7.11 Å². The fraction of sp³-hybridized carbons (Fsp3) is 0.286. The molecule has 0 radical (unpaired) electrons. The summed E-state index contributed by atoms with van der Waals surface area (Å²) in [5.74, 6) is -0.140. The molecule has 0 aliphatic heterocycles. The zero-order chi connectivity index (χ0) is 13.8. The first-order valence-electron chi connectivity index (χ1n) is 5.94. The van der Waals surface area contributed by atoms with Crippen LogP contribution in [0.5, 0.6) is 5.75 Å². The molecule has 0 N–H and O–H groups in total. The van der Waals surface area contributed by atoms with Crippen LogP contribution in [0.25, 0.3) is 11.0 Å². The fourth-order valence-corrected chi connectivity index (χ4v) is 1.67. The molecule has 0 unspecified atom stereocenters. The normalized spacial score (nSPS) is 10.4. The maximum atomic E-state index is 12.1. The van der Waals surface area contributed by atoms with E-state index < -0.39 is 11.4 Å². The predicted molar refractivity (Wildman–Crippen MR) is 69.6 cm³/mol. The first kappa shape index (κ1) is 13.1. The van der Waals surface area contributed by atoms with Crippen molar-refractivity contribution in [3.63, 3.8) is 0 Å². The van der Waals surface area contributed by atoms with E-state index in [0.29, 0.717) is 23.3 Å². The Morgan fingerprint density at radius 3 is 2.84 bits per heavy atom. The molecule has 0 fully saturated rings. The van der Waals surface area contributed by atoms with Crippen LogP contribution in [0.2, 0.25) is 0 Å². The van der Waals surface area contributed by atoms with E-state index in [2.05, 4.69) is 4.74 Å². The molecule has 0 bridgehead atoms. The van der Waals surface area contributed by atoms with Gasteiger partial charge in [-0.25, -0.2) is 4.79 Å². The first-order chi connectivity index (χ1) is 9.17. The van der Waals surface area contributed by atoms with Crippen molar-refractivity contribution in [3.05, 3.63) is 40.2 Å². The van der Waals surface area contributed by atoms with Gasteiger partial charge in [0.05, 0.1) is 19.1 Å². The van der Waals surface area contributed by atoms with Crippen molar-refractivity contribution in [3.8, 4) is 5.75 Å². The summed E-state index contributed by atoms with van der Waals surface area (Å²) >= 11 is 0. The Hall–Kier alpha value is -2.30. The highest BCUT2D eigenvalue weighted by Gasteiger charge is 2.15. The molecular formula is C14H14O5. The smallest absolute Gasteiger partial charge is 0.345 e. The van der Waals surface area contributed by atoms with Crippen molar-refractivity contribution < 1.29 is 18.7 Å². The second-order valence-corrected chi connectivity index (χ2v) is 3.98. The van der Waals surface area contributed by atoms with Crippen LogP contribution in [0.4, 0.5) is 0 Å². The molecule has 19 heavy (non-hydrogen) atoms. The number of rotatable bonds is 4. The van der Waals surface area contributed by atoms with E-state index in [-0.39, 0.29) is 5.56 Å². The number of benzene rings is 1. The number of carbonyl (C=O) groups excluding carboxylic acids is 1. The van der Waals surface area contributed by atoms with E-state index in [9.17, 15) is 9.59 Å². The molecule has 5 heteroatoms. The van der Waals surface area contributed by atoms with Gasteiger partial charge in [-0.05, 0) is 24.6 Å². The van der Waals surface area contributed by atoms with Crippen LogP contribution in [-0.4, -0.2) is 19.7 Å². The quantitative estimate of drug-likeness (QED) is 0.791. The summed E-state index contributed by atoms with van der Waals surface area (Å²) in [6.45, 7) is 2.55. The van der Waals surface area contributed by atoms with Crippen molar-refractivity contribution in [2.75, 3.05) is 13.7 Å². The molecular weight excluding hydrogens is 248 g/mol. The number of esters is 1. The lowest BCUT2D eigenvalue weighted by Crippen LogP contribution is -2.15. The second kappa shape index (κ2) is 5.56. The zero-order valence-electron chi connectivity index (χ0n) is 10.8. The molecule has 0 saturated heterocycles. The van der Waals surface area contributed by atoms with E-state index in [4.69, 9.17) is 9.15 Å². The van der Waals surface area contributed by atoms with Crippen molar-refractivity contribution in [2.45, 2.75) is 13.3 Å². The van der Waals surface area contributed by atoms with Crippen LogP contribution in [-0.2, 0) is 4.74 Å². The first-order valence-corrected chi connectivity index (χ1v) is 5.94. The summed E-state index contributed by atoms with van der Waals surface area (Å²) in [5.41, 5.74) is -0.140. The van der Waals surface area contributed by atoms with E-state index in [1.54, 1.807) is 18.2 Å². The van der Waals surface area contributed by atoms with Crippen LogP contribution >= 0.6 is 0 Å². The van der Waals surface area contributed by atoms with Crippen LogP contribution in [0.1, 0.15) is 23.7 Å². The number of carbonyl (C=O) groups is 1. The summed E-state index contributed by atoms with van der Waals surface area (Å²) in [5, 5.41) is 0.302. The Labute approximate surface area is 109 Å². The Kier molecular flexibility index (Phi) is 3.85. The van der Waals surface area contributed by atoms with E-state index in [0.717, 1.165) is 12.7 Å². The van der Waals surface area contributed by atoms with Crippen LogP contribution < -0.4 is 10.2 Å². The Bertz CT molecular complexity index is 656. The highest BCUT2D eigenvalue weighted by Crippen LogP contribution is 2.19. The van der Waals surface area contributed by atoms with Gasteiger partial charge in [-0.1, -0.05) is 6.92 Å². The van der Waals surface area contributed by atoms with Gasteiger partial charge in [-0.15, -0.1) is 0 Å². The summed E-state index contributed by atoms with van der Waals surface area (Å²) in [7, 11) is 1.22. The maximum absolute atomic E-state index is 12.1. The van der Waals surface area contributed by atoms with Gasteiger partial charge in [-0.2, -0.15) is 0 Å². The molecule has 0 aliphatic carbocycles. The molecule has 0 atom stereocenters. The van der Waals surface area contributed by atoms with Crippen molar-refractivity contribution >= 4 is 16.9 Å². The molecule has 0 aliphatic rings. The number of hydrogen-bond donors (Lipinski definition) is 0. The fourth-order valence-electron chi connectivity index (χ4n) is 1.67. The highest BCUT2D eigenvalue weighted by atomic mass is 16.5. The van der Waals surface area contributed by atoms with Crippen molar-refractivity contribution in [2.24, 2.45) is 0 Å². The molecule has 2 aromatic rings. The van der Waals surface area contributed by atoms with Crippen LogP contribution in [0, 0.1) is 0 Å². The minimum absolute atomic E-state index is 0.123. The van der Waals surface area contributed by atoms with Crippen LogP contribution in [0.3, 0.4) is 0 Å². The molecule has 2 rings (SSSR count). The Morgan fingerprint density at radius 2 is 2.16 bits per heavy atom. The summed E-state index contributed by atoms with van der Waals surface area (Å²) in [4.78, 5) is 23.6. The third kappa shape index (κ3) is 2.59. The number of hydrogen-bond acceptors (Lipinski definition) is 5. The highest BCUT2D eigenvalue weighted by molar-refractivity contribution is 5.92. The monoisotopic (exact) mass is 262 g/mol. The van der Waals surface area contributed by atoms with Gasteiger partial charge in [0, 0.05) is 0 Å². The lowest BCUT2D eigenvalue weighted by molar-refractivity contribution is 0.0597. The van der Waals surface area contributed by atoms with Gasteiger partial charge in [0.15, 0.2) is 0 Å². The zero-order valence-corrected chi connectivity index (χ0v) is 10.8. The Balaban J connectivity index is 2.53. The third-order valence-corrected chi connectivity index (χ3v) is 2.62. The topological polar surface area (TPSA) is 65.7 Å². The molecule has 100 valence electrons. The molecule has 1 aromatic carbocycles. The minimum Gasteiger partial charge on any atom is -0.494 e. The SMILES string of the molecule is CCCOc1ccc2occ(C(=O)OC)c(=O)c2c1. The summed E-state index contributed by atoms with van der Waals surface area (Å²) < 4.78 is 15.2. The molecule has 5 nitrogen and oxygen atoms in total. The largest absolute Gasteiger partial charge is 0.494 e. The van der Waals surface area contributed by atoms with Gasteiger partial charge in [0.25, 0.3) is 0 Å².